The Balaban J connectivity index is 1.35. The molecule has 38 heavy (non-hydrogen) atoms. The Kier molecular flexibility index (Phi) is 9.90. The standard InChI is InChI=1S/C29H36ClN3O4S/c1-20-5-3-6-22(17-20)38-16-4-13-33-14-11-29(12-15-33,28(35)32-36)10-9-26(34)27-23-18-21(37-2)7-8-25(23)31-19-24(27)30/h3,5-8,17-19,26,34,36H,4,9-16H2,1-2H3,(H,32,35). The molecule has 1 unspecified atom stereocenters. The maximum Gasteiger partial charge on any atom is 0.249 e. The number of ether oxygens (including phenoxy) is 1. The van der Waals surface area contributed by atoms with Crippen LogP contribution in [-0.2, 0) is 4.79 Å². The first kappa shape index (κ1) is 28.6. The number of piperidine rings is 1. The molecule has 0 spiro atoms. The second-order valence-corrected chi connectivity index (χ2v) is 11.6. The number of carbonyl (C=O) groups excluding carboxylic acids is 1. The smallest absolute Gasteiger partial charge is 0.249 e. The van der Waals surface area contributed by atoms with Crippen LogP contribution in [0.2, 0.25) is 5.02 Å². The van der Waals surface area contributed by atoms with E-state index in [0.717, 1.165) is 37.2 Å². The van der Waals surface area contributed by atoms with Crippen molar-refractivity contribution in [2.24, 2.45) is 5.41 Å². The highest BCUT2D eigenvalue weighted by Crippen LogP contribution is 2.41. The summed E-state index contributed by atoms with van der Waals surface area (Å²) >= 11 is 8.35. The maximum absolute atomic E-state index is 12.8. The second kappa shape index (κ2) is 13.1. The number of amides is 1. The van der Waals surface area contributed by atoms with Crippen LogP contribution >= 0.6 is 23.4 Å². The number of pyridine rings is 1. The summed E-state index contributed by atoms with van der Waals surface area (Å²) in [7, 11) is 1.59. The third kappa shape index (κ3) is 6.79. The Bertz CT molecular complexity index is 1250. The van der Waals surface area contributed by atoms with E-state index in [9.17, 15) is 15.1 Å². The summed E-state index contributed by atoms with van der Waals surface area (Å²) < 4.78 is 5.35. The van der Waals surface area contributed by atoms with Crippen LogP contribution in [0.4, 0.5) is 0 Å². The highest BCUT2D eigenvalue weighted by atomic mass is 35.5. The summed E-state index contributed by atoms with van der Waals surface area (Å²) in [6, 6.07) is 14.0. The highest BCUT2D eigenvalue weighted by Gasteiger charge is 2.41. The van der Waals surface area contributed by atoms with Gasteiger partial charge >= 0.3 is 0 Å². The lowest BCUT2D eigenvalue weighted by Crippen LogP contribution is -2.48. The van der Waals surface area contributed by atoms with Gasteiger partial charge in [-0.3, -0.25) is 15.0 Å². The Hall–Kier alpha value is -2.36. The van der Waals surface area contributed by atoms with Gasteiger partial charge in [-0.15, -0.1) is 11.8 Å². The molecule has 0 bridgehead atoms. The predicted molar refractivity (Wildman–Crippen MR) is 152 cm³/mol. The minimum absolute atomic E-state index is 0.330. The Morgan fingerprint density at radius 1 is 1.26 bits per heavy atom. The van der Waals surface area contributed by atoms with Crippen LogP contribution in [0.15, 0.2) is 53.6 Å². The number of hydrogen-bond donors (Lipinski definition) is 3. The topological polar surface area (TPSA) is 94.9 Å². The third-order valence-corrected chi connectivity index (χ3v) is 8.95. The molecule has 1 amide bonds. The average Bonchev–Trinajstić information content (AvgIpc) is 2.94. The molecule has 7 nitrogen and oxygen atoms in total. The number of aliphatic hydroxyl groups is 1. The van der Waals surface area contributed by atoms with Crippen molar-refractivity contribution in [3.8, 4) is 5.75 Å². The molecule has 1 fully saturated rings. The molecule has 204 valence electrons. The fourth-order valence-electron chi connectivity index (χ4n) is 5.29. The number of benzene rings is 2. The van der Waals surface area contributed by atoms with Crippen molar-refractivity contribution in [3.05, 3.63) is 64.8 Å². The maximum atomic E-state index is 12.8. The lowest BCUT2D eigenvalue weighted by atomic mass is 9.73. The zero-order chi connectivity index (χ0) is 27.1. The lowest BCUT2D eigenvalue weighted by Gasteiger charge is -2.40. The molecule has 0 saturated carbocycles. The van der Waals surface area contributed by atoms with Crippen LogP contribution in [0, 0.1) is 12.3 Å². The van der Waals surface area contributed by atoms with Crippen LogP contribution in [0.1, 0.15) is 49.3 Å². The van der Waals surface area contributed by atoms with E-state index in [4.69, 9.17) is 16.3 Å². The molecule has 1 aromatic heterocycles. The van der Waals surface area contributed by atoms with Crippen LogP contribution in [0.25, 0.3) is 10.9 Å². The van der Waals surface area contributed by atoms with Gasteiger partial charge in [0.1, 0.15) is 5.75 Å². The third-order valence-electron chi connectivity index (χ3n) is 7.57. The van der Waals surface area contributed by atoms with E-state index >= 15 is 0 Å². The molecule has 3 N–H and O–H groups in total. The monoisotopic (exact) mass is 557 g/mol. The van der Waals surface area contributed by atoms with Crippen molar-refractivity contribution < 1.29 is 19.8 Å². The molecule has 1 aliphatic heterocycles. The SMILES string of the molecule is COc1ccc2ncc(Cl)c(C(O)CCC3(C(=O)NO)CCN(CCCSc4cccc(C)c4)CC3)c2c1. The normalized spacial score (nSPS) is 16.3. The number of aliphatic hydroxyl groups excluding tert-OH is 1. The van der Waals surface area contributed by atoms with E-state index in [-0.39, 0.29) is 5.91 Å². The number of hydrogen-bond acceptors (Lipinski definition) is 7. The van der Waals surface area contributed by atoms with Gasteiger partial charge < -0.3 is 14.7 Å². The number of fused-ring (bicyclic) bond motifs is 1. The van der Waals surface area contributed by atoms with Crippen molar-refractivity contribution in [1.82, 2.24) is 15.4 Å². The number of thioether (sulfide) groups is 1. The Morgan fingerprint density at radius 2 is 2.05 bits per heavy atom. The number of likely N-dealkylation sites (tertiary alicyclic amines) is 1. The van der Waals surface area contributed by atoms with E-state index in [1.165, 1.54) is 10.5 Å². The van der Waals surface area contributed by atoms with Gasteiger partial charge in [-0.05, 0) is 94.7 Å². The van der Waals surface area contributed by atoms with E-state index in [1.54, 1.807) is 13.3 Å². The van der Waals surface area contributed by atoms with Gasteiger partial charge in [0, 0.05) is 22.0 Å². The van der Waals surface area contributed by atoms with Gasteiger partial charge in [0.05, 0.1) is 29.2 Å². The average molecular weight is 558 g/mol. The van der Waals surface area contributed by atoms with Crippen molar-refractivity contribution in [1.29, 1.82) is 0 Å². The van der Waals surface area contributed by atoms with Crippen molar-refractivity contribution in [3.63, 3.8) is 0 Å². The molecule has 1 saturated heterocycles. The van der Waals surface area contributed by atoms with Gasteiger partial charge in [0.15, 0.2) is 0 Å². The molecular formula is C29H36ClN3O4S. The van der Waals surface area contributed by atoms with E-state index in [0.29, 0.717) is 47.5 Å². The number of hydroxylamine groups is 1. The zero-order valence-corrected chi connectivity index (χ0v) is 23.5. The summed E-state index contributed by atoms with van der Waals surface area (Å²) in [5.74, 6) is 1.31. The number of nitrogens with zero attached hydrogens (tertiary/aromatic N) is 2. The van der Waals surface area contributed by atoms with Gasteiger partial charge in [0.25, 0.3) is 0 Å². The fourth-order valence-corrected chi connectivity index (χ4v) is 6.52. The van der Waals surface area contributed by atoms with Gasteiger partial charge in [-0.1, -0.05) is 29.3 Å². The molecule has 9 heteroatoms. The predicted octanol–water partition coefficient (Wildman–Crippen LogP) is 5.79. The van der Waals surface area contributed by atoms with E-state index in [1.807, 2.05) is 35.4 Å². The first-order chi connectivity index (χ1) is 18.3. The summed E-state index contributed by atoms with van der Waals surface area (Å²) in [6.07, 6.45) is 3.72. The Labute approximate surface area is 233 Å². The first-order valence-electron chi connectivity index (χ1n) is 13.0. The first-order valence-corrected chi connectivity index (χ1v) is 14.4. The molecule has 0 radical (unpaired) electrons. The molecular weight excluding hydrogens is 522 g/mol. The highest BCUT2D eigenvalue weighted by molar-refractivity contribution is 7.99. The van der Waals surface area contributed by atoms with Crippen molar-refractivity contribution in [2.75, 3.05) is 32.5 Å². The number of aromatic nitrogens is 1. The summed E-state index contributed by atoms with van der Waals surface area (Å²) in [6.45, 7) is 4.62. The molecule has 0 aliphatic carbocycles. The molecule has 2 heterocycles. The van der Waals surface area contributed by atoms with Crippen LogP contribution < -0.4 is 10.2 Å². The quantitative estimate of drug-likeness (QED) is 0.119. The van der Waals surface area contributed by atoms with E-state index < -0.39 is 11.5 Å². The van der Waals surface area contributed by atoms with E-state index in [2.05, 4.69) is 41.1 Å². The summed E-state index contributed by atoms with van der Waals surface area (Å²) in [5.41, 5.74) is 3.71. The largest absolute Gasteiger partial charge is 0.497 e. The number of nitrogens with one attached hydrogen (secondary N) is 1. The van der Waals surface area contributed by atoms with Crippen molar-refractivity contribution in [2.45, 2.75) is 50.0 Å². The molecule has 2 aromatic carbocycles. The molecule has 3 aromatic rings. The lowest BCUT2D eigenvalue weighted by molar-refractivity contribution is -0.143. The minimum atomic E-state index is -0.889. The number of halogens is 1. The number of methoxy groups -OCH3 is 1. The zero-order valence-electron chi connectivity index (χ0n) is 22.0. The van der Waals surface area contributed by atoms with Gasteiger partial charge in [0.2, 0.25) is 5.91 Å². The number of rotatable bonds is 11. The van der Waals surface area contributed by atoms with Gasteiger partial charge in [-0.25, -0.2) is 5.48 Å². The van der Waals surface area contributed by atoms with Crippen molar-refractivity contribution >= 4 is 40.2 Å². The van der Waals surface area contributed by atoms with Crippen LogP contribution in [-0.4, -0.2) is 58.6 Å². The summed E-state index contributed by atoms with van der Waals surface area (Å²) in [4.78, 5) is 20.9. The molecule has 4 rings (SSSR count). The van der Waals surface area contributed by atoms with Crippen LogP contribution in [0.3, 0.4) is 0 Å². The summed E-state index contributed by atoms with van der Waals surface area (Å²) in [5, 5.41) is 21.8. The van der Waals surface area contributed by atoms with Gasteiger partial charge in [-0.2, -0.15) is 0 Å². The fraction of sp³-hybridized carbons (Fsp3) is 0.448. The minimum Gasteiger partial charge on any atom is -0.497 e. The Morgan fingerprint density at radius 3 is 2.76 bits per heavy atom. The number of aryl methyl sites for hydroxylation is 1. The molecule has 1 aliphatic rings. The van der Waals surface area contributed by atoms with Crippen LogP contribution in [0.5, 0.6) is 5.75 Å². The second-order valence-electron chi connectivity index (χ2n) is 10.0. The number of carbonyl (C=O) groups is 1. The molecule has 1 atom stereocenters.